The monoisotopic (exact) mass is 261 g/mol. The maximum atomic E-state index is 11.4. The van der Waals surface area contributed by atoms with Crippen molar-refractivity contribution in [2.75, 3.05) is 6.61 Å². The van der Waals surface area contributed by atoms with E-state index in [0.29, 0.717) is 18.7 Å². The summed E-state index contributed by atoms with van der Waals surface area (Å²) >= 11 is 0. The number of aliphatic hydroxyl groups is 1. The number of benzene rings is 1. The van der Waals surface area contributed by atoms with E-state index in [0.717, 1.165) is 22.9 Å². The van der Waals surface area contributed by atoms with E-state index in [4.69, 9.17) is 5.11 Å². The summed E-state index contributed by atoms with van der Waals surface area (Å²) < 4.78 is 1.79. The minimum atomic E-state index is -0.912. The fraction of sp³-hybridized carbons (Fsp3) is 0.400. The number of carbonyl (C=O) groups is 1. The van der Waals surface area contributed by atoms with Crippen LogP contribution in [-0.4, -0.2) is 27.4 Å². The maximum absolute atomic E-state index is 11.4. The number of rotatable bonds is 5. The molecule has 19 heavy (non-hydrogen) atoms. The molecule has 0 aliphatic heterocycles. The van der Waals surface area contributed by atoms with Gasteiger partial charge in [0.05, 0.1) is 0 Å². The van der Waals surface area contributed by atoms with E-state index in [2.05, 4.69) is 13.0 Å². The third-order valence-electron chi connectivity index (χ3n) is 3.53. The Kier molecular flexibility index (Phi) is 3.90. The fourth-order valence-corrected chi connectivity index (χ4v) is 2.53. The molecule has 0 unspecified atom stereocenters. The highest BCUT2D eigenvalue weighted by Gasteiger charge is 2.19. The number of aryl methyl sites for hydroxylation is 3. The molecule has 1 aromatic heterocycles. The summed E-state index contributed by atoms with van der Waals surface area (Å²) in [5.41, 5.74) is 3.26. The Morgan fingerprint density at radius 2 is 2.11 bits per heavy atom. The SMILES string of the molecule is CCc1ccc2c(c1)c(C)c(C(=O)O)n2CCCO. The molecule has 0 spiro atoms. The summed E-state index contributed by atoms with van der Waals surface area (Å²) in [6.45, 7) is 4.51. The van der Waals surface area contributed by atoms with Crippen LogP contribution in [0, 0.1) is 6.92 Å². The van der Waals surface area contributed by atoms with Gasteiger partial charge < -0.3 is 14.8 Å². The van der Waals surface area contributed by atoms with Gasteiger partial charge in [-0.2, -0.15) is 0 Å². The summed E-state index contributed by atoms with van der Waals surface area (Å²) in [6.07, 6.45) is 1.48. The zero-order valence-electron chi connectivity index (χ0n) is 11.3. The lowest BCUT2D eigenvalue weighted by atomic mass is 10.1. The number of hydrogen-bond acceptors (Lipinski definition) is 2. The first kappa shape index (κ1) is 13.6. The molecule has 2 rings (SSSR count). The van der Waals surface area contributed by atoms with Crippen LogP contribution in [0.2, 0.25) is 0 Å². The lowest BCUT2D eigenvalue weighted by Gasteiger charge is -2.07. The lowest BCUT2D eigenvalue weighted by Crippen LogP contribution is -2.10. The van der Waals surface area contributed by atoms with Gasteiger partial charge in [-0.25, -0.2) is 4.79 Å². The number of aliphatic hydroxyl groups excluding tert-OH is 1. The predicted octanol–water partition coefficient (Wildman–Crippen LogP) is 2.59. The molecule has 1 aromatic carbocycles. The number of aromatic nitrogens is 1. The molecule has 0 atom stereocenters. The lowest BCUT2D eigenvalue weighted by molar-refractivity contribution is 0.0684. The average molecular weight is 261 g/mol. The van der Waals surface area contributed by atoms with Gasteiger partial charge in [0.1, 0.15) is 5.69 Å². The van der Waals surface area contributed by atoms with Gasteiger partial charge in [-0.05, 0) is 43.0 Å². The van der Waals surface area contributed by atoms with Crippen molar-refractivity contribution in [2.45, 2.75) is 33.2 Å². The van der Waals surface area contributed by atoms with Crippen molar-refractivity contribution >= 4 is 16.9 Å². The van der Waals surface area contributed by atoms with Crippen LogP contribution in [-0.2, 0) is 13.0 Å². The topological polar surface area (TPSA) is 62.5 Å². The van der Waals surface area contributed by atoms with Crippen LogP contribution in [0.5, 0.6) is 0 Å². The Hall–Kier alpha value is -1.81. The van der Waals surface area contributed by atoms with Gasteiger partial charge in [-0.15, -0.1) is 0 Å². The van der Waals surface area contributed by atoms with Gasteiger partial charge in [0.2, 0.25) is 0 Å². The molecule has 2 N–H and O–H groups in total. The fourth-order valence-electron chi connectivity index (χ4n) is 2.53. The molecule has 0 aliphatic carbocycles. The Labute approximate surface area is 112 Å². The first-order valence-corrected chi connectivity index (χ1v) is 6.56. The van der Waals surface area contributed by atoms with Crippen LogP contribution in [0.3, 0.4) is 0 Å². The molecule has 0 aliphatic rings. The number of fused-ring (bicyclic) bond motifs is 1. The van der Waals surface area contributed by atoms with Crippen molar-refractivity contribution in [1.82, 2.24) is 4.57 Å². The van der Waals surface area contributed by atoms with Crippen molar-refractivity contribution < 1.29 is 15.0 Å². The molecule has 0 saturated heterocycles. The van der Waals surface area contributed by atoms with Crippen molar-refractivity contribution in [1.29, 1.82) is 0 Å². The minimum Gasteiger partial charge on any atom is -0.477 e. The van der Waals surface area contributed by atoms with Crippen LogP contribution >= 0.6 is 0 Å². The van der Waals surface area contributed by atoms with Crippen LogP contribution in [0.4, 0.5) is 0 Å². The molecular formula is C15H19NO3. The van der Waals surface area contributed by atoms with Gasteiger partial charge in [-0.1, -0.05) is 13.0 Å². The molecule has 4 nitrogen and oxygen atoms in total. The van der Waals surface area contributed by atoms with Gasteiger partial charge in [0, 0.05) is 24.1 Å². The van der Waals surface area contributed by atoms with Gasteiger partial charge in [0.15, 0.2) is 0 Å². The Balaban J connectivity index is 2.68. The van der Waals surface area contributed by atoms with Crippen molar-refractivity contribution in [3.8, 4) is 0 Å². The molecule has 0 saturated carbocycles. The summed E-state index contributed by atoms with van der Waals surface area (Å²) in [5.74, 6) is -0.912. The number of nitrogens with zero attached hydrogens (tertiary/aromatic N) is 1. The van der Waals surface area contributed by atoms with E-state index in [1.165, 1.54) is 5.56 Å². The van der Waals surface area contributed by atoms with E-state index in [9.17, 15) is 9.90 Å². The first-order chi connectivity index (χ1) is 9.10. The number of hydrogen-bond donors (Lipinski definition) is 2. The van der Waals surface area contributed by atoms with Crippen molar-refractivity contribution in [2.24, 2.45) is 0 Å². The van der Waals surface area contributed by atoms with Gasteiger partial charge in [-0.3, -0.25) is 0 Å². The highest BCUT2D eigenvalue weighted by molar-refractivity contribution is 5.98. The number of carboxylic acid groups (broad SMARTS) is 1. The third-order valence-corrected chi connectivity index (χ3v) is 3.53. The zero-order valence-corrected chi connectivity index (χ0v) is 11.3. The third kappa shape index (κ3) is 2.36. The molecule has 2 aromatic rings. The zero-order chi connectivity index (χ0) is 14.0. The predicted molar refractivity (Wildman–Crippen MR) is 74.7 cm³/mol. The largest absolute Gasteiger partial charge is 0.477 e. The van der Waals surface area contributed by atoms with Gasteiger partial charge >= 0.3 is 5.97 Å². The number of carboxylic acids is 1. The Morgan fingerprint density at radius 1 is 1.37 bits per heavy atom. The van der Waals surface area contributed by atoms with E-state index < -0.39 is 5.97 Å². The average Bonchev–Trinajstić information content (AvgIpc) is 2.68. The highest BCUT2D eigenvalue weighted by Crippen LogP contribution is 2.27. The Morgan fingerprint density at radius 3 is 2.68 bits per heavy atom. The second-order valence-electron chi connectivity index (χ2n) is 4.71. The summed E-state index contributed by atoms with van der Waals surface area (Å²) in [5, 5.41) is 19.3. The van der Waals surface area contributed by atoms with Crippen molar-refractivity contribution in [3.63, 3.8) is 0 Å². The smallest absolute Gasteiger partial charge is 0.352 e. The molecular weight excluding hydrogens is 242 g/mol. The van der Waals surface area contributed by atoms with Crippen LogP contribution in [0.15, 0.2) is 18.2 Å². The molecule has 0 fully saturated rings. The summed E-state index contributed by atoms with van der Waals surface area (Å²) in [4.78, 5) is 11.4. The molecule has 0 amide bonds. The summed E-state index contributed by atoms with van der Waals surface area (Å²) in [7, 11) is 0. The van der Waals surface area contributed by atoms with Crippen LogP contribution < -0.4 is 0 Å². The summed E-state index contributed by atoms with van der Waals surface area (Å²) in [6, 6.07) is 6.07. The second kappa shape index (κ2) is 5.45. The van der Waals surface area contributed by atoms with Gasteiger partial charge in [0.25, 0.3) is 0 Å². The molecule has 4 heteroatoms. The molecule has 0 radical (unpaired) electrons. The van der Waals surface area contributed by atoms with E-state index in [1.54, 1.807) is 4.57 Å². The maximum Gasteiger partial charge on any atom is 0.352 e. The van der Waals surface area contributed by atoms with Crippen LogP contribution in [0.25, 0.3) is 10.9 Å². The first-order valence-electron chi connectivity index (χ1n) is 6.56. The minimum absolute atomic E-state index is 0.0603. The highest BCUT2D eigenvalue weighted by atomic mass is 16.4. The quantitative estimate of drug-likeness (QED) is 0.869. The van der Waals surface area contributed by atoms with E-state index in [1.807, 2.05) is 19.1 Å². The molecule has 0 bridgehead atoms. The molecule has 1 heterocycles. The normalized spacial score (nSPS) is 11.1. The standard InChI is InChI=1S/C15H19NO3/c1-3-11-5-6-13-12(9-11)10(2)14(15(18)19)16(13)7-4-8-17/h5-6,9,17H,3-4,7-8H2,1-2H3,(H,18,19). The second-order valence-corrected chi connectivity index (χ2v) is 4.71. The number of aromatic carboxylic acids is 1. The Bertz CT molecular complexity index is 613. The molecule has 102 valence electrons. The van der Waals surface area contributed by atoms with E-state index >= 15 is 0 Å². The van der Waals surface area contributed by atoms with E-state index in [-0.39, 0.29) is 6.61 Å². The van der Waals surface area contributed by atoms with Crippen molar-refractivity contribution in [3.05, 3.63) is 35.0 Å². The van der Waals surface area contributed by atoms with Crippen LogP contribution in [0.1, 0.15) is 35.0 Å².